The number of hydrogen-bond acceptors (Lipinski definition) is 4. The first kappa shape index (κ1) is 18.2. The van der Waals surface area contributed by atoms with E-state index in [9.17, 15) is 8.42 Å². The molecular formula is C20H18N2O2S2. The van der Waals surface area contributed by atoms with Gasteiger partial charge < -0.3 is 0 Å². The molecule has 3 rings (SSSR count). The third-order valence-electron chi connectivity index (χ3n) is 3.48. The molecule has 2 aromatic carbocycles. The maximum atomic E-state index is 12.2. The Morgan fingerprint density at radius 1 is 0.962 bits per heavy atom. The summed E-state index contributed by atoms with van der Waals surface area (Å²) in [5, 5.41) is 1.17. The van der Waals surface area contributed by atoms with Gasteiger partial charge in [-0.25, -0.2) is 8.42 Å². The molecule has 0 saturated carbocycles. The summed E-state index contributed by atoms with van der Waals surface area (Å²) >= 11 is 1.68. The van der Waals surface area contributed by atoms with Crippen LogP contribution in [0.25, 0.3) is 6.08 Å². The highest BCUT2D eigenvalue weighted by Gasteiger charge is 2.06. The Balaban J connectivity index is 1.59. The molecule has 0 fully saturated rings. The quantitative estimate of drug-likeness (QED) is 0.597. The summed E-state index contributed by atoms with van der Waals surface area (Å²) in [6.07, 6.45) is 5.16. The van der Waals surface area contributed by atoms with E-state index >= 15 is 0 Å². The van der Waals surface area contributed by atoms with Crippen molar-refractivity contribution >= 4 is 33.5 Å². The largest absolute Gasteiger partial charge is 0.280 e. The topological polar surface area (TPSA) is 59.1 Å². The van der Waals surface area contributed by atoms with Gasteiger partial charge in [0.2, 0.25) is 0 Å². The first-order valence-electron chi connectivity index (χ1n) is 7.98. The molecule has 3 aromatic rings. The van der Waals surface area contributed by atoms with Crippen molar-refractivity contribution in [2.45, 2.75) is 10.6 Å². The lowest BCUT2D eigenvalue weighted by molar-refractivity contribution is 0.609. The minimum absolute atomic E-state index is 0.536. The number of pyridine rings is 1. The lowest BCUT2D eigenvalue weighted by atomic mass is 10.2. The number of aromatic nitrogens is 1. The second-order valence-corrected chi connectivity index (χ2v) is 8.15. The third kappa shape index (κ3) is 5.75. The van der Waals surface area contributed by atoms with Crippen molar-refractivity contribution in [1.82, 2.24) is 4.98 Å². The van der Waals surface area contributed by atoms with E-state index in [0.717, 1.165) is 21.8 Å². The average molecular weight is 383 g/mol. The van der Waals surface area contributed by atoms with Crippen molar-refractivity contribution < 1.29 is 8.42 Å². The van der Waals surface area contributed by atoms with E-state index in [4.69, 9.17) is 0 Å². The lowest BCUT2D eigenvalue weighted by Crippen LogP contribution is -2.08. The number of rotatable bonds is 7. The highest BCUT2D eigenvalue weighted by atomic mass is 32.2. The van der Waals surface area contributed by atoms with Crippen LogP contribution in [0, 0.1) is 0 Å². The first-order chi connectivity index (χ1) is 12.6. The standard InChI is InChI=1S/C20H18N2O2S2/c23-26(24,14-12-17-5-2-1-3-6-17)22-19-8-10-20(11-9-19)25-16-18-7-4-13-21-15-18/h1-15,22H,16H2. The van der Waals surface area contributed by atoms with Crippen LogP contribution in [-0.4, -0.2) is 13.4 Å². The Morgan fingerprint density at radius 2 is 1.73 bits per heavy atom. The summed E-state index contributed by atoms with van der Waals surface area (Å²) in [7, 11) is -3.55. The van der Waals surface area contributed by atoms with E-state index in [1.165, 1.54) is 5.41 Å². The van der Waals surface area contributed by atoms with E-state index in [-0.39, 0.29) is 0 Å². The molecule has 0 unspecified atom stereocenters. The fourth-order valence-corrected chi connectivity index (χ4v) is 3.90. The molecule has 0 aliphatic heterocycles. The molecule has 4 nitrogen and oxygen atoms in total. The van der Waals surface area contributed by atoms with Crippen LogP contribution in [0.1, 0.15) is 11.1 Å². The first-order valence-corrected chi connectivity index (χ1v) is 10.5. The molecule has 0 atom stereocenters. The summed E-state index contributed by atoms with van der Waals surface area (Å²) in [5.41, 5.74) is 2.52. The molecule has 0 aliphatic rings. The molecule has 0 radical (unpaired) electrons. The van der Waals surface area contributed by atoms with E-state index in [1.807, 2.05) is 60.8 Å². The Morgan fingerprint density at radius 3 is 2.42 bits per heavy atom. The second-order valence-electron chi connectivity index (χ2n) is 5.53. The predicted octanol–water partition coefficient (Wildman–Crippen LogP) is 4.79. The number of nitrogens with zero attached hydrogens (tertiary/aromatic N) is 1. The number of thioether (sulfide) groups is 1. The van der Waals surface area contributed by atoms with Crippen LogP contribution in [0.4, 0.5) is 5.69 Å². The number of nitrogens with one attached hydrogen (secondary N) is 1. The Hall–Kier alpha value is -2.57. The molecule has 26 heavy (non-hydrogen) atoms. The van der Waals surface area contributed by atoms with Crippen LogP contribution in [-0.2, 0) is 15.8 Å². The van der Waals surface area contributed by atoms with Gasteiger partial charge in [0.1, 0.15) is 0 Å². The second kappa shape index (κ2) is 8.69. The van der Waals surface area contributed by atoms with E-state index < -0.39 is 10.0 Å². The Bertz CT molecular complexity index is 956. The van der Waals surface area contributed by atoms with Crippen LogP contribution in [0.2, 0.25) is 0 Å². The Labute approximate surface area is 158 Å². The minimum Gasteiger partial charge on any atom is -0.280 e. The number of sulfonamides is 1. The van der Waals surface area contributed by atoms with Crippen molar-refractivity contribution in [3.8, 4) is 0 Å². The molecule has 132 valence electrons. The summed E-state index contributed by atoms with van der Waals surface area (Å²) in [6, 6.07) is 20.6. The minimum atomic E-state index is -3.55. The van der Waals surface area contributed by atoms with Gasteiger partial charge in [-0.05, 0) is 47.5 Å². The monoisotopic (exact) mass is 382 g/mol. The summed E-state index contributed by atoms with van der Waals surface area (Å²) in [5.74, 6) is 0.818. The van der Waals surface area contributed by atoms with Gasteiger partial charge in [-0.1, -0.05) is 36.4 Å². The van der Waals surface area contributed by atoms with Gasteiger partial charge in [0.05, 0.1) is 5.41 Å². The summed E-state index contributed by atoms with van der Waals surface area (Å²) < 4.78 is 26.9. The summed E-state index contributed by atoms with van der Waals surface area (Å²) in [6.45, 7) is 0. The highest BCUT2D eigenvalue weighted by Crippen LogP contribution is 2.24. The molecule has 0 bridgehead atoms. The van der Waals surface area contributed by atoms with Gasteiger partial charge in [-0.15, -0.1) is 11.8 Å². The van der Waals surface area contributed by atoms with Gasteiger partial charge in [0.25, 0.3) is 10.0 Å². The number of anilines is 1. The smallest absolute Gasteiger partial charge is 0.255 e. The van der Waals surface area contributed by atoms with Crippen molar-refractivity contribution in [3.63, 3.8) is 0 Å². The zero-order valence-electron chi connectivity index (χ0n) is 13.9. The van der Waals surface area contributed by atoms with E-state index in [0.29, 0.717) is 5.69 Å². The molecule has 0 spiro atoms. The normalized spacial score (nSPS) is 11.5. The molecule has 0 aliphatic carbocycles. The molecular weight excluding hydrogens is 364 g/mol. The van der Waals surface area contributed by atoms with Crippen molar-refractivity contribution in [1.29, 1.82) is 0 Å². The van der Waals surface area contributed by atoms with Gasteiger partial charge in [0, 0.05) is 28.7 Å². The fraction of sp³-hybridized carbons (Fsp3) is 0.0500. The van der Waals surface area contributed by atoms with Crippen LogP contribution in [0.5, 0.6) is 0 Å². The maximum absolute atomic E-state index is 12.2. The van der Waals surface area contributed by atoms with E-state index in [1.54, 1.807) is 36.2 Å². The fourth-order valence-electron chi connectivity index (χ4n) is 2.20. The molecule has 1 heterocycles. The molecule has 0 amide bonds. The maximum Gasteiger partial charge on any atom is 0.255 e. The van der Waals surface area contributed by atoms with Crippen LogP contribution < -0.4 is 4.72 Å². The molecule has 0 saturated heterocycles. The molecule has 6 heteroatoms. The van der Waals surface area contributed by atoms with Gasteiger partial charge in [0.15, 0.2) is 0 Å². The molecule has 1 aromatic heterocycles. The lowest BCUT2D eigenvalue weighted by Gasteiger charge is -2.06. The highest BCUT2D eigenvalue weighted by molar-refractivity contribution is 7.98. The van der Waals surface area contributed by atoms with Crippen LogP contribution in [0.15, 0.2) is 89.4 Å². The average Bonchev–Trinajstić information content (AvgIpc) is 2.67. The number of benzene rings is 2. The molecule has 1 N–H and O–H groups in total. The van der Waals surface area contributed by atoms with Crippen molar-refractivity contribution in [2.24, 2.45) is 0 Å². The predicted molar refractivity (Wildman–Crippen MR) is 108 cm³/mol. The van der Waals surface area contributed by atoms with Crippen LogP contribution in [0.3, 0.4) is 0 Å². The zero-order valence-corrected chi connectivity index (χ0v) is 15.6. The Kier molecular flexibility index (Phi) is 6.09. The third-order valence-corrected chi connectivity index (χ3v) is 5.58. The van der Waals surface area contributed by atoms with E-state index in [2.05, 4.69) is 9.71 Å². The van der Waals surface area contributed by atoms with Crippen molar-refractivity contribution in [3.05, 3.63) is 95.7 Å². The van der Waals surface area contributed by atoms with Gasteiger partial charge >= 0.3 is 0 Å². The zero-order chi connectivity index (χ0) is 18.2. The number of hydrogen-bond donors (Lipinski definition) is 1. The summed E-state index contributed by atoms with van der Waals surface area (Å²) in [4.78, 5) is 5.16. The van der Waals surface area contributed by atoms with Gasteiger partial charge in [-0.3, -0.25) is 9.71 Å². The SMILES string of the molecule is O=S(=O)(C=Cc1ccccc1)Nc1ccc(SCc2cccnc2)cc1. The van der Waals surface area contributed by atoms with Crippen molar-refractivity contribution in [2.75, 3.05) is 4.72 Å². The van der Waals surface area contributed by atoms with Gasteiger partial charge in [-0.2, -0.15) is 0 Å². The van der Waals surface area contributed by atoms with Crippen LogP contribution >= 0.6 is 11.8 Å².